The maximum Gasteiger partial charge on any atom is 0.229 e. The molecule has 6 nitrogen and oxygen atoms in total. The molecular formula is C17H25BrClN5O. The van der Waals surface area contributed by atoms with Crippen LogP contribution in [0.3, 0.4) is 0 Å². The fraction of sp³-hybridized carbons (Fsp3) is 0.529. The van der Waals surface area contributed by atoms with Gasteiger partial charge in [-0.2, -0.15) is 0 Å². The minimum atomic E-state index is -0.462. The fourth-order valence-corrected chi connectivity index (χ4v) is 3.54. The zero-order valence-corrected chi connectivity index (χ0v) is 17.1. The quantitative estimate of drug-likeness (QED) is 0.678. The van der Waals surface area contributed by atoms with Crippen LogP contribution in [0.15, 0.2) is 16.9 Å². The summed E-state index contributed by atoms with van der Waals surface area (Å²) < 4.78 is 0.912. The van der Waals surface area contributed by atoms with Crippen LogP contribution < -0.4 is 16.0 Å². The fourth-order valence-electron chi connectivity index (χ4n) is 2.99. The number of anilines is 2. The van der Waals surface area contributed by atoms with E-state index in [9.17, 15) is 4.79 Å². The van der Waals surface area contributed by atoms with Crippen molar-refractivity contribution in [3.63, 3.8) is 0 Å². The van der Waals surface area contributed by atoms with Crippen LogP contribution in [0, 0.1) is 5.41 Å². The van der Waals surface area contributed by atoms with Crippen molar-refractivity contribution in [3.8, 4) is 0 Å². The third kappa shape index (κ3) is 4.10. The van der Waals surface area contributed by atoms with Gasteiger partial charge in [0.1, 0.15) is 5.65 Å². The van der Waals surface area contributed by atoms with E-state index in [4.69, 9.17) is 5.73 Å². The summed E-state index contributed by atoms with van der Waals surface area (Å²) in [6, 6.07) is 0.167. The zero-order valence-electron chi connectivity index (χ0n) is 14.7. The topological polar surface area (TPSA) is 87.0 Å². The molecule has 25 heavy (non-hydrogen) atoms. The number of carbonyl (C=O) groups is 1. The van der Waals surface area contributed by atoms with E-state index in [0.717, 1.165) is 52.8 Å². The molecule has 1 amide bonds. The Hall–Kier alpha value is -1.31. The van der Waals surface area contributed by atoms with Gasteiger partial charge in [0, 0.05) is 36.9 Å². The Morgan fingerprint density at radius 2 is 2.20 bits per heavy atom. The lowest BCUT2D eigenvalue weighted by Crippen LogP contribution is -2.43. The van der Waals surface area contributed by atoms with Gasteiger partial charge >= 0.3 is 0 Å². The summed E-state index contributed by atoms with van der Waals surface area (Å²) in [5.41, 5.74) is 8.26. The summed E-state index contributed by atoms with van der Waals surface area (Å²) in [5, 5.41) is 3.96. The van der Waals surface area contributed by atoms with Crippen LogP contribution >= 0.6 is 28.3 Å². The molecule has 0 aromatic carbocycles. The summed E-state index contributed by atoms with van der Waals surface area (Å²) in [4.78, 5) is 22.3. The number of nitrogens with one attached hydrogen (secondary N) is 2. The predicted molar refractivity (Wildman–Crippen MR) is 109 cm³/mol. The SMILES string of the molecule is CC(C)(C)C(=O)Nc1c[nH]c2ncc(Br)c(N3CCC[C@@H](N)C3)c12.Cl. The van der Waals surface area contributed by atoms with Gasteiger partial charge in [0.05, 0.1) is 21.2 Å². The number of carbonyl (C=O) groups excluding carboxylic acids is 1. The number of nitrogens with zero attached hydrogens (tertiary/aromatic N) is 2. The monoisotopic (exact) mass is 429 g/mol. The lowest BCUT2D eigenvalue weighted by atomic mass is 9.95. The van der Waals surface area contributed by atoms with Crippen LogP contribution in [0.25, 0.3) is 11.0 Å². The van der Waals surface area contributed by atoms with Crippen LogP contribution in [0.5, 0.6) is 0 Å². The molecule has 3 heterocycles. The summed E-state index contributed by atoms with van der Waals surface area (Å²) in [5.74, 6) is -0.0235. The molecule has 1 aliphatic rings. The Labute approximate surface area is 162 Å². The molecule has 1 atom stereocenters. The number of piperidine rings is 1. The molecule has 2 aromatic heterocycles. The smallest absolute Gasteiger partial charge is 0.229 e. The number of aromatic amines is 1. The van der Waals surface area contributed by atoms with Crippen molar-refractivity contribution in [1.29, 1.82) is 0 Å². The lowest BCUT2D eigenvalue weighted by molar-refractivity contribution is -0.123. The maximum absolute atomic E-state index is 12.4. The summed E-state index contributed by atoms with van der Waals surface area (Å²) in [6.45, 7) is 7.44. The van der Waals surface area contributed by atoms with Crippen LogP contribution in [0.2, 0.25) is 0 Å². The molecule has 1 aliphatic heterocycles. The van der Waals surface area contributed by atoms with Gasteiger partial charge in [-0.3, -0.25) is 4.79 Å². The summed E-state index contributed by atoms with van der Waals surface area (Å²) in [7, 11) is 0. The van der Waals surface area contributed by atoms with Gasteiger partial charge in [-0.1, -0.05) is 20.8 Å². The third-order valence-electron chi connectivity index (χ3n) is 4.33. The van der Waals surface area contributed by atoms with E-state index in [2.05, 4.69) is 36.1 Å². The van der Waals surface area contributed by atoms with Gasteiger partial charge in [0.25, 0.3) is 0 Å². The number of hydrogen-bond acceptors (Lipinski definition) is 4. The van der Waals surface area contributed by atoms with Gasteiger partial charge in [0.2, 0.25) is 5.91 Å². The second kappa shape index (κ2) is 7.51. The first-order valence-electron chi connectivity index (χ1n) is 8.25. The number of fused-ring (bicyclic) bond motifs is 1. The highest BCUT2D eigenvalue weighted by molar-refractivity contribution is 9.10. The second-order valence-electron chi connectivity index (χ2n) is 7.43. The molecule has 0 unspecified atom stereocenters. The molecule has 138 valence electrons. The average molecular weight is 431 g/mol. The van der Waals surface area contributed by atoms with E-state index in [1.165, 1.54) is 0 Å². The number of H-pyrrole nitrogens is 1. The van der Waals surface area contributed by atoms with E-state index in [1.54, 1.807) is 12.4 Å². The molecule has 0 saturated carbocycles. The molecule has 3 rings (SSSR count). The first kappa shape index (κ1) is 20.0. The molecule has 1 fully saturated rings. The molecule has 0 spiro atoms. The highest BCUT2D eigenvalue weighted by atomic mass is 79.9. The van der Waals surface area contributed by atoms with Gasteiger partial charge in [0.15, 0.2) is 0 Å². The molecule has 1 saturated heterocycles. The number of nitrogens with two attached hydrogens (primary N) is 1. The minimum absolute atomic E-state index is 0. The van der Waals surface area contributed by atoms with E-state index in [-0.39, 0.29) is 24.4 Å². The van der Waals surface area contributed by atoms with E-state index < -0.39 is 5.41 Å². The number of hydrogen-bond donors (Lipinski definition) is 3. The van der Waals surface area contributed by atoms with Crippen LogP contribution in [0.4, 0.5) is 11.4 Å². The van der Waals surface area contributed by atoms with Crippen molar-refractivity contribution in [2.24, 2.45) is 11.1 Å². The van der Waals surface area contributed by atoms with E-state index in [0.29, 0.717) is 0 Å². The van der Waals surface area contributed by atoms with Crippen molar-refractivity contribution in [2.75, 3.05) is 23.3 Å². The molecule has 0 aliphatic carbocycles. The van der Waals surface area contributed by atoms with Crippen molar-refractivity contribution < 1.29 is 4.79 Å². The van der Waals surface area contributed by atoms with Gasteiger partial charge < -0.3 is 20.9 Å². The van der Waals surface area contributed by atoms with E-state index >= 15 is 0 Å². The first-order valence-corrected chi connectivity index (χ1v) is 9.04. The Balaban J connectivity index is 0.00000225. The van der Waals surface area contributed by atoms with E-state index in [1.807, 2.05) is 20.8 Å². The number of aromatic nitrogens is 2. The van der Waals surface area contributed by atoms with Crippen molar-refractivity contribution in [2.45, 2.75) is 39.7 Å². The average Bonchev–Trinajstić information content (AvgIpc) is 2.89. The molecule has 2 aromatic rings. The lowest BCUT2D eigenvalue weighted by Gasteiger charge is -2.33. The highest BCUT2D eigenvalue weighted by Crippen LogP contribution is 2.39. The van der Waals surface area contributed by atoms with Gasteiger partial charge in [-0.05, 0) is 28.8 Å². The molecule has 8 heteroatoms. The summed E-state index contributed by atoms with van der Waals surface area (Å²) in [6.07, 6.45) is 5.71. The zero-order chi connectivity index (χ0) is 17.5. The molecule has 0 radical (unpaired) electrons. The van der Waals surface area contributed by atoms with Crippen LogP contribution in [-0.2, 0) is 4.79 Å². The van der Waals surface area contributed by atoms with Crippen molar-refractivity contribution in [1.82, 2.24) is 9.97 Å². The second-order valence-corrected chi connectivity index (χ2v) is 8.29. The number of halogens is 2. The predicted octanol–water partition coefficient (Wildman–Crippen LogP) is 3.66. The van der Waals surface area contributed by atoms with Gasteiger partial charge in [-0.25, -0.2) is 4.98 Å². The Morgan fingerprint density at radius 1 is 1.48 bits per heavy atom. The van der Waals surface area contributed by atoms with Crippen LogP contribution in [-0.4, -0.2) is 35.0 Å². The van der Waals surface area contributed by atoms with Crippen LogP contribution in [0.1, 0.15) is 33.6 Å². The number of rotatable bonds is 2. The van der Waals surface area contributed by atoms with Gasteiger partial charge in [-0.15, -0.1) is 12.4 Å². The Kier molecular flexibility index (Phi) is 6.01. The largest absolute Gasteiger partial charge is 0.368 e. The van der Waals surface area contributed by atoms with Crippen molar-refractivity contribution in [3.05, 3.63) is 16.9 Å². The maximum atomic E-state index is 12.4. The highest BCUT2D eigenvalue weighted by Gasteiger charge is 2.26. The normalized spacial score (nSPS) is 18.1. The molecule has 4 N–H and O–H groups in total. The first-order chi connectivity index (χ1) is 11.3. The number of amides is 1. The van der Waals surface area contributed by atoms with Crippen molar-refractivity contribution >= 4 is 56.7 Å². The Morgan fingerprint density at radius 3 is 2.84 bits per heavy atom. The standard InChI is InChI=1S/C17H24BrN5O.ClH/c1-17(2,3)16(24)22-12-8-21-15-13(12)14(11(18)7-20-15)23-6-4-5-10(19)9-23;/h7-8,10H,4-6,9,19H2,1-3H3,(H,20,21)(H,22,24);1H/t10-;/m1./s1. The third-order valence-corrected chi connectivity index (χ3v) is 4.91. The minimum Gasteiger partial charge on any atom is -0.368 e. The Bertz CT molecular complexity index is 770. The molecule has 0 bridgehead atoms. The number of pyridine rings is 1. The summed E-state index contributed by atoms with van der Waals surface area (Å²) >= 11 is 3.63. The molecular weight excluding hydrogens is 406 g/mol.